The Hall–Kier alpha value is -3.90. The molecule has 0 spiro atoms. The molecule has 0 aliphatic heterocycles. The van der Waals surface area contributed by atoms with E-state index >= 15 is 0 Å². The molecule has 1 fully saturated rings. The summed E-state index contributed by atoms with van der Waals surface area (Å²) < 4.78 is 47.0. The van der Waals surface area contributed by atoms with Crippen LogP contribution < -0.4 is 21.5 Å². The number of halogens is 3. The van der Waals surface area contributed by atoms with E-state index in [4.69, 9.17) is 16.2 Å². The van der Waals surface area contributed by atoms with Crippen LogP contribution in [0.1, 0.15) is 47.6 Å². The second-order valence-electron chi connectivity index (χ2n) is 8.65. The first-order chi connectivity index (χ1) is 17.0. The zero-order chi connectivity index (χ0) is 26.3. The van der Waals surface area contributed by atoms with E-state index in [0.717, 1.165) is 0 Å². The highest BCUT2D eigenvalue weighted by atomic mass is 19.3. The third-order valence-corrected chi connectivity index (χ3v) is 5.25. The predicted octanol–water partition coefficient (Wildman–Crippen LogP) is 2.09. The minimum atomic E-state index is -2.69. The Kier molecular flexibility index (Phi) is 8.67. The lowest BCUT2D eigenvalue weighted by atomic mass is 9.91. The number of pyridine rings is 1. The first-order valence-corrected chi connectivity index (χ1v) is 11.2. The number of nitrogens with two attached hydrogens (primary N) is 2. The number of ether oxygens (including phenoxy) is 1. The monoisotopic (exact) mass is 507 g/mol. The van der Waals surface area contributed by atoms with Gasteiger partial charge in [0, 0.05) is 36.4 Å². The molecule has 0 aromatic carbocycles. The lowest BCUT2D eigenvalue weighted by molar-refractivity contribution is -0.134. The van der Waals surface area contributed by atoms with Crippen LogP contribution in [0.2, 0.25) is 0 Å². The minimum Gasteiger partial charge on any atom is -0.490 e. The Morgan fingerprint density at radius 2 is 2.08 bits per heavy atom. The average molecular weight is 508 g/mol. The maximum atomic E-state index is 14.1. The Bertz CT molecular complexity index is 1140. The van der Waals surface area contributed by atoms with Crippen molar-refractivity contribution in [2.24, 2.45) is 11.5 Å². The molecule has 1 saturated carbocycles. The van der Waals surface area contributed by atoms with Gasteiger partial charge in [-0.05, 0) is 31.9 Å². The van der Waals surface area contributed by atoms with Gasteiger partial charge in [0.1, 0.15) is 29.5 Å². The standard InChI is InChI=1S/C23H28F3N7O3/c1-14-6-19(36-20-9-23(25,26)10-20)7-17(29-14)8-22(35)30-21(28)5-4-16(27)3-2-15(24)11-33-12-18(13-34)31-32-33/h4-7,12-13,15,20H,2-3,8-11,27-28H2,1H3,(H,30,35)/b16-4-,21-5+. The van der Waals surface area contributed by atoms with Crippen LogP contribution in [0.25, 0.3) is 0 Å². The molecule has 1 unspecified atom stereocenters. The fourth-order valence-electron chi connectivity index (χ4n) is 3.51. The van der Waals surface area contributed by atoms with Crippen molar-refractivity contribution < 1.29 is 27.5 Å². The normalized spacial score (nSPS) is 16.8. The molecule has 5 N–H and O–H groups in total. The number of rotatable bonds is 12. The van der Waals surface area contributed by atoms with Crippen LogP contribution in [0.5, 0.6) is 5.75 Å². The van der Waals surface area contributed by atoms with Gasteiger partial charge in [-0.2, -0.15) is 0 Å². The second kappa shape index (κ2) is 11.7. The van der Waals surface area contributed by atoms with E-state index in [1.54, 1.807) is 13.0 Å². The van der Waals surface area contributed by atoms with Gasteiger partial charge in [-0.25, -0.2) is 17.9 Å². The van der Waals surface area contributed by atoms with Gasteiger partial charge >= 0.3 is 0 Å². The van der Waals surface area contributed by atoms with Gasteiger partial charge in [-0.1, -0.05) is 5.21 Å². The van der Waals surface area contributed by atoms with E-state index < -0.39 is 24.1 Å². The number of nitrogens with zero attached hydrogens (tertiary/aromatic N) is 4. The van der Waals surface area contributed by atoms with Crippen LogP contribution in [0.15, 0.2) is 42.0 Å². The van der Waals surface area contributed by atoms with Crippen molar-refractivity contribution in [3.8, 4) is 5.75 Å². The number of carbonyl (C=O) groups is 2. The first-order valence-electron chi connectivity index (χ1n) is 11.2. The number of hydrogen-bond acceptors (Lipinski definition) is 8. The van der Waals surface area contributed by atoms with Crippen molar-refractivity contribution in [3.63, 3.8) is 0 Å². The summed E-state index contributed by atoms with van der Waals surface area (Å²) in [5.74, 6) is -2.72. The van der Waals surface area contributed by atoms with E-state index in [2.05, 4.69) is 20.6 Å². The maximum Gasteiger partial charge on any atom is 0.255 e. The van der Waals surface area contributed by atoms with Gasteiger partial charge < -0.3 is 21.5 Å². The van der Waals surface area contributed by atoms with Gasteiger partial charge in [0.15, 0.2) is 6.29 Å². The molecule has 2 heterocycles. The summed E-state index contributed by atoms with van der Waals surface area (Å²) in [6.07, 6.45) is 2.48. The molecular formula is C23H28F3N7O3. The molecule has 2 aromatic rings. The predicted molar refractivity (Wildman–Crippen MR) is 123 cm³/mol. The smallest absolute Gasteiger partial charge is 0.255 e. The third kappa shape index (κ3) is 8.40. The Morgan fingerprint density at radius 1 is 1.33 bits per heavy atom. The summed E-state index contributed by atoms with van der Waals surface area (Å²) in [5.41, 5.74) is 13.2. The van der Waals surface area contributed by atoms with Crippen molar-refractivity contribution in [1.82, 2.24) is 25.3 Å². The largest absolute Gasteiger partial charge is 0.490 e. The summed E-state index contributed by atoms with van der Waals surface area (Å²) in [4.78, 5) is 27.2. The Morgan fingerprint density at radius 3 is 2.75 bits per heavy atom. The molecule has 0 radical (unpaired) electrons. The van der Waals surface area contributed by atoms with Crippen molar-refractivity contribution in [1.29, 1.82) is 0 Å². The lowest BCUT2D eigenvalue weighted by Gasteiger charge is -2.34. The van der Waals surface area contributed by atoms with Crippen LogP contribution in [0.3, 0.4) is 0 Å². The number of hydrogen-bond donors (Lipinski definition) is 3. The molecule has 3 rings (SSSR count). The molecule has 36 heavy (non-hydrogen) atoms. The van der Waals surface area contributed by atoms with Gasteiger partial charge in [0.2, 0.25) is 5.91 Å². The highest BCUT2D eigenvalue weighted by Gasteiger charge is 2.47. The van der Waals surface area contributed by atoms with Crippen LogP contribution >= 0.6 is 0 Å². The van der Waals surface area contributed by atoms with Crippen molar-refractivity contribution in [2.75, 3.05) is 0 Å². The number of nitrogens with one attached hydrogen (secondary N) is 1. The molecule has 1 aliphatic rings. The molecule has 1 amide bonds. The topological polar surface area (TPSA) is 151 Å². The quantitative estimate of drug-likeness (QED) is 0.292. The third-order valence-electron chi connectivity index (χ3n) is 5.25. The fraction of sp³-hybridized carbons (Fsp3) is 0.435. The molecule has 0 bridgehead atoms. The first kappa shape index (κ1) is 26.7. The van der Waals surface area contributed by atoms with Crippen LogP contribution in [-0.4, -0.2) is 50.4 Å². The number of carbonyl (C=O) groups excluding carboxylic acids is 2. The van der Waals surface area contributed by atoms with Gasteiger partial charge in [0.25, 0.3) is 5.92 Å². The zero-order valence-electron chi connectivity index (χ0n) is 19.7. The van der Waals surface area contributed by atoms with Gasteiger partial charge in [-0.15, -0.1) is 5.10 Å². The molecule has 10 nitrogen and oxygen atoms in total. The highest BCUT2D eigenvalue weighted by Crippen LogP contribution is 2.39. The van der Waals surface area contributed by atoms with Crippen molar-refractivity contribution in [3.05, 3.63) is 59.1 Å². The number of amides is 1. The number of aromatic nitrogens is 4. The van der Waals surface area contributed by atoms with E-state index in [-0.39, 0.29) is 50.2 Å². The van der Waals surface area contributed by atoms with Crippen LogP contribution in [0.4, 0.5) is 13.2 Å². The summed E-state index contributed by atoms with van der Waals surface area (Å²) in [6.45, 7) is 1.65. The van der Waals surface area contributed by atoms with E-state index in [1.165, 1.54) is 29.1 Å². The number of alkyl halides is 3. The number of aldehydes is 1. The van der Waals surface area contributed by atoms with E-state index in [9.17, 15) is 22.8 Å². The molecule has 1 atom stereocenters. The molecule has 2 aromatic heterocycles. The second-order valence-corrected chi connectivity index (χ2v) is 8.65. The van der Waals surface area contributed by atoms with Gasteiger partial charge in [-0.3, -0.25) is 14.6 Å². The van der Waals surface area contributed by atoms with E-state index in [1.807, 2.05) is 0 Å². The van der Waals surface area contributed by atoms with Gasteiger partial charge in [0.05, 0.1) is 24.9 Å². The SMILES string of the molecule is Cc1cc(OC2CC(F)(F)C2)cc(CC(=O)N/C(N)=C/C=C(\N)CCC(F)Cn2cc(C=O)nn2)n1. The molecular weight excluding hydrogens is 479 g/mol. The van der Waals surface area contributed by atoms with Crippen LogP contribution in [-0.2, 0) is 17.8 Å². The molecule has 1 aliphatic carbocycles. The lowest BCUT2D eigenvalue weighted by Crippen LogP contribution is -2.43. The highest BCUT2D eigenvalue weighted by molar-refractivity contribution is 5.79. The van der Waals surface area contributed by atoms with Crippen molar-refractivity contribution in [2.45, 2.75) is 63.8 Å². The summed E-state index contributed by atoms with van der Waals surface area (Å²) in [7, 11) is 0. The molecule has 13 heteroatoms. The minimum absolute atomic E-state index is 0.0320. The number of allylic oxidation sites excluding steroid dienone is 3. The summed E-state index contributed by atoms with van der Waals surface area (Å²) >= 11 is 0. The summed E-state index contributed by atoms with van der Waals surface area (Å²) in [6, 6.07) is 3.16. The molecule has 194 valence electrons. The zero-order valence-corrected chi connectivity index (χ0v) is 19.7. The average Bonchev–Trinajstić information content (AvgIpc) is 3.22. The van der Waals surface area contributed by atoms with Crippen LogP contribution in [0, 0.1) is 6.92 Å². The van der Waals surface area contributed by atoms with Crippen molar-refractivity contribution >= 4 is 12.2 Å². The Balaban J connectivity index is 1.44. The number of aryl methyl sites for hydroxylation is 1. The Labute approximate surface area is 205 Å². The summed E-state index contributed by atoms with van der Waals surface area (Å²) in [5, 5.41) is 9.71. The molecule has 0 saturated heterocycles. The van der Waals surface area contributed by atoms with E-state index in [0.29, 0.717) is 29.1 Å². The maximum absolute atomic E-state index is 14.1. The fourth-order valence-corrected chi connectivity index (χ4v) is 3.51.